The van der Waals surface area contributed by atoms with Crippen LogP contribution in [0.2, 0.25) is 10.0 Å². The number of halogens is 2. The molecule has 0 spiro atoms. The van der Waals surface area contributed by atoms with Crippen molar-refractivity contribution in [3.05, 3.63) is 28.2 Å². The summed E-state index contributed by atoms with van der Waals surface area (Å²) in [5, 5.41) is 4.22. The van der Waals surface area contributed by atoms with Gasteiger partial charge in [-0.25, -0.2) is 0 Å². The molecule has 0 aromatic heterocycles. The molecule has 1 N–H and O–H groups in total. The number of rotatable bonds is 6. The van der Waals surface area contributed by atoms with Crippen LogP contribution in [0.1, 0.15) is 19.8 Å². The average Bonchev–Trinajstić information content (AvgIpc) is 2.27. The Morgan fingerprint density at radius 3 is 2.41 bits per heavy atom. The first-order chi connectivity index (χ1) is 8.02. The van der Waals surface area contributed by atoms with Gasteiger partial charge in [0.05, 0.1) is 10.8 Å². The molecule has 0 amide bonds. The van der Waals surface area contributed by atoms with Crippen LogP contribution in [0.3, 0.4) is 0 Å². The molecule has 2 nitrogen and oxygen atoms in total. The van der Waals surface area contributed by atoms with Gasteiger partial charge in [0, 0.05) is 26.7 Å². The lowest BCUT2D eigenvalue weighted by atomic mass is 10.2. The van der Waals surface area contributed by atoms with E-state index in [4.69, 9.17) is 23.2 Å². The summed E-state index contributed by atoms with van der Waals surface area (Å²) < 4.78 is 12.0. The van der Waals surface area contributed by atoms with Crippen molar-refractivity contribution >= 4 is 34.0 Å². The van der Waals surface area contributed by atoms with Gasteiger partial charge in [-0.3, -0.25) is 4.21 Å². The van der Waals surface area contributed by atoms with Crippen molar-refractivity contribution in [2.45, 2.75) is 30.7 Å². The molecule has 5 heteroatoms. The largest absolute Gasteiger partial charge is 0.317 e. The molecule has 2 atom stereocenters. The summed E-state index contributed by atoms with van der Waals surface area (Å²) in [5.74, 6) is 0.642. The van der Waals surface area contributed by atoms with E-state index in [9.17, 15) is 4.21 Å². The summed E-state index contributed by atoms with van der Waals surface area (Å²) in [6.07, 6.45) is 1.93. The van der Waals surface area contributed by atoms with Crippen LogP contribution in [0.25, 0.3) is 0 Å². The molecular formula is C12H17Cl2NOS. The van der Waals surface area contributed by atoms with Gasteiger partial charge in [0.1, 0.15) is 0 Å². The zero-order chi connectivity index (χ0) is 12.8. The molecule has 1 aromatic rings. The van der Waals surface area contributed by atoms with Crippen molar-refractivity contribution in [3.63, 3.8) is 0 Å². The summed E-state index contributed by atoms with van der Waals surface area (Å²) in [6.45, 7) is 2.11. The van der Waals surface area contributed by atoms with Crippen LogP contribution >= 0.6 is 23.2 Å². The van der Waals surface area contributed by atoms with Crippen LogP contribution in [-0.2, 0) is 10.8 Å². The number of hydrogen-bond donors (Lipinski definition) is 1. The summed E-state index contributed by atoms with van der Waals surface area (Å²) in [4.78, 5) is 0.708. The van der Waals surface area contributed by atoms with E-state index in [0.717, 1.165) is 12.8 Å². The van der Waals surface area contributed by atoms with Crippen molar-refractivity contribution in [2.75, 3.05) is 12.8 Å². The Bertz CT molecular complexity index is 378. The minimum Gasteiger partial charge on any atom is -0.317 e. The van der Waals surface area contributed by atoms with Crippen LogP contribution in [0.5, 0.6) is 0 Å². The monoisotopic (exact) mass is 293 g/mol. The molecule has 96 valence electrons. The maximum absolute atomic E-state index is 12.0. The summed E-state index contributed by atoms with van der Waals surface area (Å²) in [5.41, 5.74) is 0. The van der Waals surface area contributed by atoms with Gasteiger partial charge in [0.25, 0.3) is 0 Å². The summed E-state index contributed by atoms with van der Waals surface area (Å²) in [7, 11) is 0.910. The molecule has 0 radical (unpaired) electrons. The standard InChI is InChI=1S/C12H17Cl2NOS/c1-9(15-2)4-3-5-17(16)12-7-10(13)6-11(14)8-12/h6-9,15H,3-5H2,1-2H3. The fourth-order valence-electron chi connectivity index (χ4n) is 1.44. The quantitative estimate of drug-likeness (QED) is 0.870. The topological polar surface area (TPSA) is 29.1 Å². The maximum Gasteiger partial charge on any atom is 0.0530 e. The second-order valence-electron chi connectivity index (χ2n) is 3.99. The molecule has 0 aliphatic rings. The normalized spacial score (nSPS) is 14.6. The van der Waals surface area contributed by atoms with Gasteiger partial charge < -0.3 is 5.32 Å². The third-order valence-electron chi connectivity index (χ3n) is 2.56. The van der Waals surface area contributed by atoms with Crippen LogP contribution in [-0.4, -0.2) is 23.1 Å². The molecule has 2 unspecified atom stereocenters. The van der Waals surface area contributed by atoms with Crippen LogP contribution in [0, 0.1) is 0 Å². The fourth-order valence-corrected chi connectivity index (χ4v) is 3.28. The minimum atomic E-state index is -1.02. The van der Waals surface area contributed by atoms with Gasteiger partial charge in [-0.1, -0.05) is 23.2 Å². The molecule has 0 saturated carbocycles. The highest BCUT2D eigenvalue weighted by molar-refractivity contribution is 7.85. The van der Waals surface area contributed by atoms with E-state index < -0.39 is 10.8 Å². The van der Waals surface area contributed by atoms with E-state index in [2.05, 4.69) is 12.2 Å². The van der Waals surface area contributed by atoms with Crippen molar-refractivity contribution in [1.29, 1.82) is 0 Å². The Balaban J connectivity index is 2.52. The highest BCUT2D eigenvalue weighted by Gasteiger charge is 2.07. The van der Waals surface area contributed by atoms with Crippen molar-refractivity contribution < 1.29 is 4.21 Å². The van der Waals surface area contributed by atoms with Crippen LogP contribution < -0.4 is 5.32 Å². The third-order valence-corrected chi connectivity index (χ3v) is 4.42. The van der Waals surface area contributed by atoms with Gasteiger partial charge in [0.15, 0.2) is 0 Å². The van der Waals surface area contributed by atoms with Crippen molar-refractivity contribution in [1.82, 2.24) is 5.32 Å². The number of nitrogens with one attached hydrogen (secondary N) is 1. The van der Waals surface area contributed by atoms with Gasteiger partial charge in [-0.2, -0.15) is 0 Å². The Morgan fingerprint density at radius 1 is 1.29 bits per heavy atom. The van der Waals surface area contributed by atoms with E-state index >= 15 is 0 Å². The Labute approximate surface area is 115 Å². The van der Waals surface area contributed by atoms with Gasteiger partial charge >= 0.3 is 0 Å². The van der Waals surface area contributed by atoms with Crippen LogP contribution in [0.15, 0.2) is 23.1 Å². The van der Waals surface area contributed by atoms with E-state index in [1.165, 1.54) is 0 Å². The Morgan fingerprint density at radius 2 is 1.88 bits per heavy atom. The summed E-state index contributed by atoms with van der Waals surface area (Å²) >= 11 is 11.7. The highest BCUT2D eigenvalue weighted by Crippen LogP contribution is 2.21. The van der Waals surface area contributed by atoms with Crippen molar-refractivity contribution in [3.8, 4) is 0 Å². The van der Waals surface area contributed by atoms with E-state index in [1.807, 2.05) is 7.05 Å². The zero-order valence-corrected chi connectivity index (χ0v) is 12.3. The zero-order valence-electron chi connectivity index (χ0n) is 10.0. The fraction of sp³-hybridized carbons (Fsp3) is 0.500. The lowest BCUT2D eigenvalue weighted by molar-refractivity contribution is 0.557. The predicted octanol–water partition coefficient (Wildman–Crippen LogP) is 3.49. The first-order valence-electron chi connectivity index (χ1n) is 5.54. The lowest BCUT2D eigenvalue weighted by Crippen LogP contribution is -2.21. The number of hydrogen-bond acceptors (Lipinski definition) is 2. The Kier molecular flexibility index (Phi) is 6.49. The molecule has 0 saturated heterocycles. The van der Waals surface area contributed by atoms with Gasteiger partial charge in [0.2, 0.25) is 0 Å². The molecule has 1 rings (SSSR count). The maximum atomic E-state index is 12.0. The Hall–Kier alpha value is -0.0900. The predicted molar refractivity (Wildman–Crippen MR) is 75.5 cm³/mol. The third kappa shape index (κ3) is 5.38. The summed E-state index contributed by atoms with van der Waals surface area (Å²) in [6, 6.07) is 5.53. The van der Waals surface area contributed by atoms with E-state index in [0.29, 0.717) is 26.7 Å². The van der Waals surface area contributed by atoms with Gasteiger partial charge in [-0.05, 0) is 45.0 Å². The second kappa shape index (κ2) is 7.37. The molecule has 0 heterocycles. The van der Waals surface area contributed by atoms with Crippen molar-refractivity contribution in [2.24, 2.45) is 0 Å². The molecule has 0 aliphatic carbocycles. The van der Waals surface area contributed by atoms with Crippen LogP contribution in [0.4, 0.5) is 0 Å². The smallest absolute Gasteiger partial charge is 0.0530 e. The first kappa shape index (κ1) is 15.0. The molecule has 0 fully saturated rings. The first-order valence-corrected chi connectivity index (χ1v) is 7.62. The lowest BCUT2D eigenvalue weighted by Gasteiger charge is -2.09. The second-order valence-corrected chi connectivity index (χ2v) is 6.43. The van der Waals surface area contributed by atoms with E-state index in [-0.39, 0.29) is 0 Å². The molecular weight excluding hydrogens is 277 g/mol. The number of benzene rings is 1. The minimum absolute atomic E-state index is 0.454. The average molecular weight is 294 g/mol. The molecule has 17 heavy (non-hydrogen) atoms. The van der Waals surface area contributed by atoms with Gasteiger partial charge in [-0.15, -0.1) is 0 Å². The molecule has 1 aromatic carbocycles. The SMILES string of the molecule is CNC(C)CCCS(=O)c1cc(Cl)cc(Cl)c1. The van der Waals surface area contributed by atoms with E-state index in [1.54, 1.807) is 18.2 Å². The highest BCUT2D eigenvalue weighted by atomic mass is 35.5. The molecule has 0 aliphatic heterocycles. The molecule has 0 bridgehead atoms.